The van der Waals surface area contributed by atoms with Crippen molar-refractivity contribution in [3.63, 3.8) is 0 Å². The van der Waals surface area contributed by atoms with Gasteiger partial charge in [-0.2, -0.15) is 0 Å². The van der Waals surface area contributed by atoms with E-state index < -0.39 is 0 Å². The second-order valence-corrected chi connectivity index (χ2v) is 6.47. The first-order chi connectivity index (χ1) is 9.33. The maximum atomic E-state index is 3.55. The van der Waals surface area contributed by atoms with Crippen LogP contribution in [-0.4, -0.2) is 6.54 Å². The summed E-state index contributed by atoms with van der Waals surface area (Å²) in [4.78, 5) is 2.80. The monoisotopic (exact) mass is 272 g/mol. The molecule has 0 spiro atoms. The van der Waals surface area contributed by atoms with Crippen LogP contribution < -0.4 is 10.6 Å². The molecule has 1 aromatic heterocycles. The SMILES string of the molecule is Cc1ccc(CNCc2cccc3c2NCCC3)s1. The van der Waals surface area contributed by atoms with Gasteiger partial charge in [0, 0.05) is 35.1 Å². The van der Waals surface area contributed by atoms with Crippen molar-refractivity contribution in [1.82, 2.24) is 5.32 Å². The Bertz CT molecular complexity index is 560. The number of hydrogen-bond donors (Lipinski definition) is 2. The van der Waals surface area contributed by atoms with Gasteiger partial charge in [0.05, 0.1) is 0 Å². The van der Waals surface area contributed by atoms with Crippen LogP contribution in [0.2, 0.25) is 0 Å². The smallest absolute Gasteiger partial charge is 0.0418 e. The molecule has 2 nitrogen and oxygen atoms in total. The standard InChI is InChI=1S/C16H20N2S/c1-12-7-8-15(19-12)11-17-10-14-5-2-4-13-6-3-9-18-16(13)14/h2,4-5,7-8,17-18H,3,6,9-11H2,1H3. The van der Waals surface area contributed by atoms with Crippen molar-refractivity contribution in [2.75, 3.05) is 11.9 Å². The highest BCUT2D eigenvalue weighted by molar-refractivity contribution is 7.11. The number of aryl methyl sites for hydroxylation is 2. The summed E-state index contributed by atoms with van der Waals surface area (Å²) in [6.07, 6.45) is 2.46. The first-order valence-corrected chi connectivity index (χ1v) is 7.75. The fourth-order valence-electron chi connectivity index (χ4n) is 2.63. The van der Waals surface area contributed by atoms with Crippen molar-refractivity contribution in [1.29, 1.82) is 0 Å². The lowest BCUT2D eigenvalue weighted by molar-refractivity contribution is 0.697. The van der Waals surface area contributed by atoms with E-state index in [-0.39, 0.29) is 0 Å². The number of thiophene rings is 1. The summed E-state index contributed by atoms with van der Waals surface area (Å²) in [5, 5.41) is 7.10. The Morgan fingerprint density at radius 3 is 3.00 bits per heavy atom. The van der Waals surface area contributed by atoms with Crippen LogP contribution in [0.3, 0.4) is 0 Å². The van der Waals surface area contributed by atoms with Gasteiger partial charge < -0.3 is 10.6 Å². The van der Waals surface area contributed by atoms with Crippen LogP contribution in [0.1, 0.15) is 27.3 Å². The molecule has 0 fully saturated rings. The summed E-state index contributed by atoms with van der Waals surface area (Å²) >= 11 is 1.87. The van der Waals surface area contributed by atoms with E-state index in [1.54, 1.807) is 0 Å². The predicted octanol–water partition coefficient (Wildman–Crippen LogP) is 3.70. The Morgan fingerprint density at radius 1 is 1.21 bits per heavy atom. The molecule has 1 aromatic carbocycles. The Kier molecular flexibility index (Phi) is 3.85. The molecule has 0 saturated heterocycles. The van der Waals surface area contributed by atoms with Gasteiger partial charge in [0.1, 0.15) is 0 Å². The molecule has 2 N–H and O–H groups in total. The van der Waals surface area contributed by atoms with Gasteiger partial charge in [-0.15, -0.1) is 11.3 Å². The first kappa shape index (κ1) is 12.7. The molecule has 0 saturated carbocycles. The van der Waals surface area contributed by atoms with Crippen molar-refractivity contribution < 1.29 is 0 Å². The van der Waals surface area contributed by atoms with Crippen LogP contribution in [0.5, 0.6) is 0 Å². The number of rotatable bonds is 4. The summed E-state index contributed by atoms with van der Waals surface area (Å²) in [7, 11) is 0. The Hall–Kier alpha value is -1.32. The molecule has 1 aliphatic heterocycles. The van der Waals surface area contributed by atoms with E-state index in [9.17, 15) is 0 Å². The van der Waals surface area contributed by atoms with E-state index in [0.717, 1.165) is 19.6 Å². The fraction of sp³-hybridized carbons (Fsp3) is 0.375. The highest BCUT2D eigenvalue weighted by atomic mass is 32.1. The lowest BCUT2D eigenvalue weighted by atomic mass is 9.99. The van der Waals surface area contributed by atoms with Crippen LogP contribution in [-0.2, 0) is 19.5 Å². The maximum Gasteiger partial charge on any atom is 0.0418 e. The van der Waals surface area contributed by atoms with Gasteiger partial charge in [0.25, 0.3) is 0 Å². The Morgan fingerprint density at radius 2 is 2.16 bits per heavy atom. The van der Waals surface area contributed by atoms with Crippen molar-refractivity contribution in [3.8, 4) is 0 Å². The molecule has 100 valence electrons. The molecule has 0 atom stereocenters. The molecule has 3 rings (SSSR count). The summed E-state index contributed by atoms with van der Waals surface area (Å²) in [6.45, 7) is 5.16. The average Bonchev–Trinajstić information content (AvgIpc) is 2.85. The molecule has 0 radical (unpaired) electrons. The molecule has 2 heterocycles. The highest BCUT2D eigenvalue weighted by Crippen LogP contribution is 2.26. The van der Waals surface area contributed by atoms with Crippen LogP contribution in [0.15, 0.2) is 30.3 Å². The minimum Gasteiger partial charge on any atom is -0.385 e. The third kappa shape index (κ3) is 2.99. The molecule has 0 aliphatic carbocycles. The summed E-state index contributed by atoms with van der Waals surface area (Å²) < 4.78 is 0. The van der Waals surface area contributed by atoms with Gasteiger partial charge in [-0.3, -0.25) is 0 Å². The molecule has 1 aliphatic rings. The van der Waals surface area contributed by atoms with Gasteiger partial charge in [-0.05, 0) is 43.0 Å². The number of fused-ring (bicyclic) bond motifs is 1. The number of benzene rings is 1. The van der Waals surface area contributed by atoms with E-state index in [0.29, 0.717) is 0 Å². The number of nitrogens with one attached hydrogen (secondary N) is 2. The topological polar surface area (TPSA) is 24.1 Å². The van der Waals surface area contributed by atoms with Crippen LogP contribution in [0.4, 0.5) is 5.69 Å². The molecule has 2 aromatic rings. The van der Waals surface area contributed by atoms with Crippen molar-refractivity contribution >= 4 is 17.0 Å². The van der Waals surface area contributed by atoms with Gasteiger partial charge in [-0.25, -0.2) is 0 Å². The van der Waals surface area contributed by atoms with E-state index in [4.69, 9.17) is 0 Å². The fourth-order valence-corrected chi connectivity index (χ4v) is 3.49. The van der Waals surface area contributed by atoms with E-state index in [2.05, 4.69) is 47.9 Å². The van der Waals surface area contributed by atoms with Gasteiger partial charge >= 0.3 is 0 Å². The second-order valence-electron chi connectivity index (χ2n) is 5.10. The van der Waals surface area contributed by atoms with Crippen molar-refractivity contribution in [2.24, 2.45) is 0 Å². The number of para-hydroxylation sites is 1. The number of anilines is 1. The minimum absolute atomic E-state index is 0.938. The molecule has 0 amide bonds. The van der Waals surface area contributed by atoms with Crippen molar-refractivity contribution in [3.05, 3.63) is 51.2 Å². The average molecular weight is 272 g/mol. The minimum atomic E-state index is 0.938. The van der Waals surface area contributed by atoms with Gasteiger partial charge in [0.15, 0.2) is 0 Å². The first-order valence-electron chi connectivity index (χ1n) is 6.93. The third-order valence-corrected chi connectivity index (χ3v) is 4.57. The largest absolute Gasteiger partial charge is 0.385 e. The molecule has 19 heavy (non-hydrogen) atoms. The summed E-state index contributed by atoms with van der Waals surface area (Å²) in [5.41, 5.74) is 4.23. The zero-order chi connectivity index (χ0) is 13.1. The van der Waals surface area contributed by atoms with Crippen LogP contribution in [0.25, 0.3) is 0 Å². The molecule has 0 unspecified atom stereocenters. The van der Waals surface area contributed by atoms with Crippen molar-refractivity contribution in [2.45, 2.75) is 32.9 Å². The zero-order valence-corrected chi connectivity index (χ0v) is 12.1. The Balaban J connectivity index is 1.64. The number of hydrogen-bond acceptors (Lipinski definition) is 3. The zero-order valence-electron chi connectivity index (χ0n) is 11.3. The Labute approximate surface area is 118 Å². The van der Waals surface area contributed by atoms with E-state index in [1.807, 2.05) is 11.3 Å². The molecule has 3 heteroatoms. The highest BCUT2D eigenvalue weighted by Gasteiger charge is 2.11. The summed E-state index contributed by atoms with van der Waals surface area (Å²) in [5.74, 6) is 0. The normalized spacial score (nSPS) is 13.9. The van der Waals surface area contributed by atoms with E-state index >= 15 is 0 Å². The van der Waals surface area contributed by atoms with E-state index in [1.165, 1.54) is 39.4 Å². The van der Waals surface area contributed by atoms with Gasteiger partial charge in [0.2, 0.25) is 0 Å². The van der Waals surface area contributed by atoms with Gasteiger partial charge in [-0.1, -0.05) is 18.2 Å². The molecule has 0 bridgehead atoms. The van der Waals surface area contributed by atoms with Crippen LogP contribution in [0, 0.1) is 6.92 Å². The second kappa shape index (κ2) is 5.76. The lowest BCUT2D eigenvalue weighted by Crippen LogP contribution is -2.17. The molecular weight excluding hydrogens is 252 g/mol. The maximum absolute atomic E-state index is 3.55. The van der Waals surface area contributed by atoms with Crippen LogP contribution >= 0.6 is 11.3 Å². The summed E-state index contributed by atoms with van der Waals surface area (Å²) in [6, 6.07) is 11.1. The predicted molar refractivity (Wildman–Crippen MR) is 82.9 cm³/mol. The lowest BCUT2D eigenvalue weighted by Gasteiger charge is -2.21. The third-order valence-electron chi connectivity index (χ3n) is 3.57. The molecular formula is C16H20N2S. The quantitative estimate of drug-likeness (QED) is 0.886.